The van der Waals surface area contributed by atoms with Crippen molar-refractivity contribution in [3.05, 3.63) is 62.0 Å². The Morgan fingerprint density at radius 1 is 1.28 bits per heavy atom. The van der Waals surface area contributed by atoms with Gasteiger partial charge in [-0.25, -0.2) is 9.78 Å². The number of rotatable bonds is 5. The van der Waals surface area contributed by atoms with Crippen molar-refractivity contribution < 1.29 is 14.3 Å². The van der Waals surface area contributed by atoms with E-state index in [1.165, 1.54) is 0 Å². The smallest absolute Gasteiger partial charge is 0.349 e. The first kappa shape index (κ1) is 19.5. The van der Waals surface area contributed by atoms with E-state index in [2.05, 4.69) is 4.98 Å². The van der Waals surface area contributed by atoms with Crippen LogP contribution < -0.4 is 5.56 Å². The number of hydrogen-bond donors (Lipinski definition) is 0. The first-order chi connectivity index (χ1) is 13.9. The van der Waals surface area contributed by atoms with Crippen molar-refractivity contribution in [3.63, 3.8) is 0 Å². The molecule has 2 aromatic heterocycles. The standard InChI is InChI=1S/C22H22N2O4S/c1-4-14-7-9-15(10-8-14)18(25)13(3)28-22(27)19-12(2)17-20(29-19)23-16-6-5-11-24(16)21(17)26/h7-10,13H,4-6,11H2,1-3H3/t13-/m1/s1. The van der Waals surface area contributed by atoms with Gasteiger partial charge in [0.1, 0.15) is 15.5 Å². The van der Waals surface area contributed by atoms with Crippen LogP contribution in [-0.4, -0.2) is 27.4 Å². The molecule has 0 fully saturated rings. The van der Waals surface area contributed by atoms with E-state index < -0.39 is 12.1 Å². The number of fused-ring (bicyclic) bond motifs is 2. The Bertz CT molecular complexity index is 1170. The van der Waals surface area contributed by atoms with Crippen molar-refractivity contribution in [1.82, 2.24) is 9.55 Å². The lowest BCUT2D eigenvalue weighted by atomic mass is 10.0. The summed E-state index contributed by atoms with van der Waals surface area (Å²) in [6.45, 7) is 6.01. The van der Waals surface area contributed by atoms with E-state index in [1.807, 2.05) is 19.1 Å². The Morgan fingerprint density at radius 3 is 2.69 bits per heavy atom. The SMILES string of the molecule is CCc1ccc(C(=O)[C@@H](C)OC(=O)c2sc3nc4n(c(=O)c3c2C)CCC4)cc1. The summed E-state index contributed by atoms with van der Waals surface area (Å²) in [4.78, 5) is 43.6. The van der Waals surface area contributed by atoms with Crippen LogP contribution in [-0.2, 0) is 24.1 Å². The fraction of sp³-hybridized carbons (Fsp3) is 0.364. The second kappa shape index (κ2) is 7.55. The molecule has 0 bridgehead atoms. The van der Waals surface area contributed by atoms with Crippen molar-refractivity contribution in [2.24, 2.45) is 0 Å². The number of esters is 1. The van der Waals surface area contributed by atoms with Crippen LogP contribution in [0.4, 0.5) is 0 Å². The van der Waals surface area contributed by atoms with Crippen LogP contribution in [0.25, 0.3) is 10.2 Å². The zero-order valence-corrected chi connectivity index (χ0v) is 17.5. The molecule has 0 amide bonds. The summed E-state index contributed by atoms with van der Waals surface area (Å²) in [6.07, 6.45) is 1.65. The van der Waals surface area contributed by atoms with Crippen molar-refractivity contribution in [2.45, 2.75) is 52.7 Å². The van der Waals surface area contributed by atoms with Gasteiger partial charge in [-0.3, -0.25) is 14.2 Å². The van der Waals surface area contributed by atoms with E-state index in [-0.39, 0.29) is 11.3 Å². The van der Waals surface area contributed by atoms with Crippen LogP contribution in [0.2, 0.25) is 0 Å². The molecule has 4 rings (SSSR count). The number of benzene rings is 1. The number of ether oxygens (including phenoxy) is 1. The first-order valence-electron chi connectivity index (χ1n) is 9.77. The molecule has 7 heteroatoms. The fourth-order valence-corrected chi connectivity index (χ4v) is 4.75. The van der Waals surface area contributed by atoms with Gasteiger partial charge in [0.05, 0.1) is 5.39 Å². The predicted octanol–water partition coefficient (Wildman–Crippen LogP) is 3.70. The molecule has 0 saturated carbocycles. The molecule has 3 aromatic rings. The molecule has 3 heterocycles. The fourth-order valence-electron chi connectivity index (χ4n) is 3.68. The van der Waals surface area contributed by atoms with Gasteiger partial charge < -0.3 is 4.74 Å². The van der Waals surface area contributed by atoms with E-state index in [4.69, 9.17) is 4.74 Å². The van der Waals surface area contributed by atoms with Gasteiger partial charge in [-0.05, 0) is 37.8 Å². The van der Waals surface area contributed by atoms with Gasteiger partial charge in [-0.15, -0.1) is 11.3 Å². The van der Waals surface area contributed by atoms with Crippen LogP contribution in [0, 0.1) is 6.92 Å². The lowest BCUT2D eigenvalue weighted by Crippen LogP contribution is -2.24. The number of aromatic nitrogens is 2. The number of carbonyl (C=O) groups is 2. The molecule has 1 atom stereocenters. The molecule has 1 aliphatic rings. The molecule has 0 N–H and O–H groups in total. The van der Waals surface area contributed by atoms with Crippen molar-refractivity contribution in [1.29, 1.82) is 0 Å². The van der Waals surface area contributed by atoms with Gasteiger partial charge in [0, 0.05) is 18.5 Å². The number of aryl methyl sites for hydroxylation is 3. The van der Waals surface area contributed by atoms with Gasteiger partial charge in [0.2, 0.25) is 5.78 Å². The van der Waals surface area contributed by atoms with Crippen molar-refractivity contribution in [3.8, 4) is 0 Å². The predicted molar refractivity (Wildman–Crippen MR) is 112 cm³/mol. The molecule has 29 heavy (non-hydrogen) atoms. The highest BCUT2D eigenvalue weighted by Gasteiger charge is 2.26. The van der Waals surface area contributed by atoms with Gasteiger partial charge in [-0.1, -0.05) is 31.2 Å². The largest absolute Gasteiger partial charge is 0.450 e. The van der Waals surface area contributed by atoms with Crippen LogP contribution >= 0.6 is 11.3 Å². The third-order valence-electron chi connectivity index (χ3n) is 5.40. The molecule has 0 spiro atoms. The lowest BCUT2D eigenvalue weighted by Gasteiger charge is -2.12. The van der Waals surface area contributed by atoms with E-state index in [0.717, 1.165) is 42.0 Å². The summed E-state index contributed by atoms with van der Waals surface area (Å²) >= 11 is 1.16. The minimum absolute atomic E-state index is 0.101. The average Bonchev–Trinajstić information content (AvgIpc) is 3.32. The Morgan fingerprint density at radius 2 is 2.00 bits per heavy atom. The van der Waals surface area contributed by atoms with Crippen molar-refractivity contribution in [2.75, 3.05) is 0 Å². The van der Waals surface area contributed by atoms with Gasteiger partial charge in [-0.2, -0.15) is 0 Å². The maximum Gasteiger partial charge on any atom is 0.349 e. The van der Waals surface area contributed by atoms with Crippen LogP contribution in [0.3, 0.4) is 0 Å². The Labute approximate surface area is 172 Å². The van der Waals surface area contributed by atoms with Gasteiger partial charge in [0.25, 0.3) is 5.56 Å². The molecule has 0 radical (unpaired) electrons. The van der Waals surface area contributed by atoms with Gasteiger partial charge in [0.15, 0.2) is 6.10 Å². The second-order valence-electron chi connectivity index (χ2n) is 7.29. The topological polar surface area (TPSA) is 78.3 Å². The molecular formula is C22H22N2O4S. The molecule has 0 saturated heterocycles. The number of ketones is 1. The van der Waals surface area contributed by atoms with Crippen LogP contribution in [0.1, 0.15) is 57.2 Å². The third kappa shape index (κ3) is 3.40. The van der Waals surface area contributed by atoms with Crippen molar-refractivity contribution >= 4 is 33.3 Å². The highest BCUT2D eigenvalue weighted by atomic mass is 32.1. The van der Waals surface area contributed by atoms with Gasteiger partial charge >= 0.3 is 5.97 Å². The van der Waals surface area contributed by atoms with Crippen LogP contribution in [0.15, 0.2) is 29.1 Å². The highest BCUT2D eigenvalue weighted by molar-refractivity contribution is 7.20. The Kier molecular flexibility index (Phi) is 5.08. The van der Waals surface area contributed by atoms with E-state index in [0.29, 0.717) is 32.8 Å². The third-order valence-corrected chi connectivity index (χ3v) is 6.56. The molecule has 150 valence electrons. The number of Topliss-reactive ketones (excluding diaryl/α,β-unsaturated/α-hetero) is 1. The second-order valence-corrected chi connectivity index (χ2v) is 8.29. The summed E-state index contributed by atoms with van der Waals surface area (Å²) in [5.41, 5.74) is 2.11. The highest BCUT2D eigenvalue weighted by Crippen LogP contribution is 2.29. The quantitative estimate of drug-likeness (QED) is 0.473. The molecule has 6 nitrogen and oxygen atoms in total. The zero-order valence-electron chi connectivity index (χ0n) is 16.7. The number of hydrogen-bond acceptors (Lipinski definition) is 6. The zero-order chi connectivity index (χ0) is 20.7. The maximum atomic E-state index is 12.8. The summed E-state index contributed by atoms with van der Waals surface area (Å²) in [5.74, 6) is -0.0826. The Hall–Kier alpha value is -2.80. The normalized spacial score (nSPS) is 14.0. The maximum absolute atomic E-state index is 12.8. The molecular weight excluding hydrogens is 388 g/mol. The summed E-state index contributed by atoms with van der Waals surface area (Å²) in [5, 5.41) is 0.474. The molecule has 1 aromatic carbocycles. The monoisotopic (exact) mass is 410 g/mol. The summed E-state index contributed by atoms with van der Waals surface area (Å²) in [7, 11) is 0. The van der Waals surface area contributed by atoms with E-state index in [1.54, 1.807) is 30.5 Å². The minimum atomic E-state index is -0.918. The number of carbonyl (C=O) groups excluding carboxylic acids is 2. The minimum Gasteiger partial charge on any atom is -0.450 e. The Balaban J connectivity index is 1.58. The average molecular weight is 410 g/mol. The molecule has 1 aliphatic heterocycles. The number of nitrogens with zero attached hydrogens (tertiary/aromatic N) is 2. The van der Waals surface area contributed by atoms with E-state index >= 15 is 0 Å². The first-order valence-corrected chi connectivity index (χ1v) is 10.6. The van der Waals surface area contributed by atoms with Crippen LogP contribution in [0.5, 0.6) is 0 Å². The molecule has 0 unspecified atom stereocenters. The molecule has 0 aliphatic carbocycles. The van der Waals surface area contributed by atoms with E-state index in [9.17, 15) is 14.4 Å². The lowest BCUT2D eigenvalue weighted by molar-refractivity contribution is 0.0323. The summed E-state index contributed by atoms with van der Waals surface area (Å²) in [6, 6.07) is 7.30. The summed E-state index contributed by atoms with van der Waals surface area (Å²) < 4.78 is 7.13. The number of thiophene rings is 1.